The van der Waals surface area contributed by atoms with Gasteiger partial charge < -0.3 is 10.1 Å². The Morgan fingerprint density at radius 2 is 1.68 bits per heavy atom. The standard InChI is InChI=1S/C18H15ClN2O4/c1-8(22)12-7-14-13-6-11(19)4-5-15(13)20-16(14)17(18(12)25)21(9(2)23)10(3)24/h4-7,20,25H,1-3H3. The van der Waals surface area contributed by atoms with E-state index < -0.39 is 17.6 Å². The van der Waals surface area contributed by atoms with Crippen LogP contribution in [0.15, 0.2) is 24.3 Å². The van der Waals surface area contributed by atoms with Crippen LogP contribution in [0.3, 0.4) is 0 Å². The lowest BCUT2D eigenvalue weighted by Crippen LogP contribution is -2.33. The molecule has 25 heavy (non-hydrogen) atoms. The van der Waals surface area contributed by atoms with E-state index in [1.165, 1.54) is 26.8 Å². The predicted octanol–water partition coefficient (Wildman–Crippen LogP) is 3.78. The smallest absolute Gasteiger partial charge is 0.230 e. The van der Waals surface area contributed by atoms with E-state index in [1.807, 2.05) is 0 Å². The van der Waals surface area contributed by atoms with Crippen molar-refractivity contribution in [3.63, 3.8) is 0 Å². The third kappa shape index (κ3) is 2.64. The summed E-state index contributed by atoms with van der Waals surface area (Å²) in [5.74, 6) is -1.94. The van der Waals surface area contributed by atoms with Gasteiger partial charge in [-0.25, -0.2) is 4.90 Å². The Hall–Kier alpha value is -2.86. The number of nitrogens with zero attached hydrogens (tertiary/aromatic N) is 1. The number of hydrogen-bond acceptors (Lipinski definition) is 4. The zero-order valence-corrected chi connectivity index (χ0v) is 14.6. The maximum absolute atomic E-state index is 12.0. The molecule has 0 radical (unpaired) electrons. The topological polar surface area (TPSA) is 90.5 Å². The Bertz CT molecular complexity index is 1050. The van der Waals surface area contributed by atoms with Crippen LogP contribution in [0.1, 0.15) is 31.1 Å². The van der Waals surface area contributed by atoms with Gasteiger partial charge in [0.2, 0.25) is 11.8 Å². The van der Waals surface area contributed by atoms with Gasteiger partial charge in [-0.15, -0.1) is 0 Å². The number of benzene rings is 2. The van der Waals surface area contributed by atoms with E-state index in [1.54, 1.807) is 18.2 Å². The molecule has 0 bridgehead atoms. The summed E-state index contributed by atoms with van der Waals surface area (Å²) in [6, 6.07) is 6.69. The van der Waals surface area contributed by atoms with Crippen LogP contribution in [-0.2, 0) is 9.59 Å². The maximum atomic E-state index is 12.0. The Labute approximate surface area is 148 Å². The van der Waals surface area contributed by atoms with Crippen LogP contribution in [0, 0.1) is 0 Å². The van der Waals surface area contributed by atoms with Crippen LogP contribution >= 0.6 is 11.6 Å². The zero-order chi connectivity index (χ0) is 18.5. The molecule has 0 unspecified atom stereocenters. The predicted molar refractivity (Wildman–Crippen MR) is 96.3 cm³/mol. The number of rotatable bonds is 2. The molecule has 7 heteroatoms. The number of nitrogens with one attached hydrogen (secondary N) is 1. The van der Waals surface area contributed by atoms with Crippen LogP contribution < -0.4 is 4.90 Å². The number of carbonyl (C=O) groups excluding carboxylic acids is 3. The number of hydrogen-bond donors (Lipinski definition) is 2. The van der Waals surface area contributed by atoms with Gasteiger partial charge in [0, 0.05) is 35.2 Å². The van der Waals surface area contributed by atoms with Crippen LogP contribution in [0.25, 0.3) is 21.8 Å². The van der Waals surface area contributed by atoms with Crippen molar-refractivity contribution in [3.8, 4) is 5.75 Å². The molecule has 3 aromatic rings. The van der Waals surface area contributed by atoms with Crippen molar-refractivity contribution in [1.82, 2.24) is 4.98 Å². The van der Waals surface area contributed by atoms with Crippen molar-refractivity contribution in [2.24, 2.45) is 0 Å². The van der Waals surface area contributed by atoms with Crippen LogP contribution in [0.5, 0.6) is 5.75 Å². The number of imide groups is 1. The van der Waals surface area contributed by atoms with Gasteiger partial charge in [0.05, 0.1) is 11.1 Å². The van der Waals surface area contributed by atoms with E-state index >= 15 is 0 Å². The summed E-state index contributed by atoms with van der Waals surface area (Å²) >= 11 is 6.06. The number of Topliss-reactive ketones (excluding diaryl/α,β-unsaturated/α-hetero) is 1. The number of carbonyl (C=O) groups is 3. The van der Waals surface area contributed by atoms with E-state index in [-0.39, 0.29) is 17.0 Å². The summed E-state index contributed by atoms with van der Waals surface area (Å²) < 4.78 is 0. The molecule has 0 fully saturated rings. The SMILES string of the molecule is CC(=O)c1cc2c([nH]c3ccc(Cl)cc32)c(N(C(C)=O)C(C)=O)c1O. The fraction of sp³-hybridized carbons (Fsp3) is 0.167. The fourth-order valence-corrected chi connectivity index (χ4v) is 3.18. The second-order valence-corrected chi connectivity index (χ2v) is 6.22. The molecule has 0 saturated heterocycles. The molecule has 2 amide bonds. The van der Waals surface area contributed by atoms with Crippen LogP contribution in [0.4, 0.5) is 5.69 Å². The van der Waals surface area contributed by atoms with E-state index in [4.69, 9.17) is 11.6 Å². The second-order valence-electron chi connectivity index (χ2n) is 5.79. The molecule has 128 valence electrons. The van der Waals surface area contributed by atoms with Gasteiger partial charge in [-0.3, -0.25) is 14.4 Å². The number of phenolic OH excluding ortho intramolecular Hbond substituents is 1. The summed E-state index contributed by atoms with van der Waals surface area (Å²) in [6.07, 6.45) is 0. The molecule has 6 nitrogen and oxygen atoms in total. The third-order valence-electron chi connectivity index (χ3n) is 4.04. The van der Waals surface area contributed by atoms with E-state index in [9.17, 15) is 19.5 Å². The van der Waals surface area contributed by atoms with Crippen molar-refractivity contribution in [2.75, 3.05) is 4.90 Å². The molecular formula is C18H15ClN2O4. The lowest BCUT2D eigenvalue weighted by atomic mass is 10.0. The number of phenols is 1. The van der Waals surface area contributed by atoms with E-state index in [0.29, 0.717) is 21.4 Å². The molecule has 0 aliphatic carbocycles. The van der Waals surface area contributed by atoms with Gasteiger partial charge >= 0.3 is 0 Å². The minimum Gasteiger partial charge on any atom is -0.505 e. The fourth-order valence-electron chi connectivity index (χ4n) is 3.00. The highest BCUT2D eigenvalue weighted by Crippen LogP contribution is 2.42. The number of H-pyrrole nitrogens is 1. The zero-order valence-electron chi connectivity index (χ0n) is 13.8. The van der Waals surface area contributed by atoms with Crippen molar-refractivity contribution in [2.45, 2.75) is 20.8 Å². The Morgan fingerprint density at radius 3 is 2.24 bits per heavy atom. The van der Waals surface area contributed by atoms with E-state index in [0.717, 1.165) is 10.3 Å². The summed E-state index contributed by atoms with van der Waals surface area (Å²) in [7, 11) is 0. The molecule has 1 aromatic heterocycles. The molecule has 0 saturated carbocycles. The van der Waals surface area contributed by atoms with Gasteiger partial charge in [-0.05, 0) is 31.2 Å². The largest absolute Gasteiger partial charge is 0.505 e. The van der Waals surface area contributed by atoms with Crippen molar-refractivity contribution in [3.05, 3.63) is 34.9 Å². The molecule has 2 N–H and O–H groups in total. The molecule has 0 spiro atoms. The van der Waals surface area contributed by atoms with E-state index in [2.05, 4.69) is 4.98 Å². The van der Waals surface area contributed by atoms with Crippen LogP contribution in [0.2, 0.25) is 5.02 Å². The van der Waals surface area contributed by atoms with Crippen LogP contribution in [-0.4, -0.2) is 27.7 Å². The summed E-state index contributed by atoms with van der Waals surface area (Å²) in [6.45, 7) is 3.73. The molecule has 0 atom stereocenters. The molecule has 3 rings (SSSR count). The summed E-state index contributed by atoms with van der Waals surface area (Å²) in [5.41, 5.74) is 1.07. The monoisotopic (exact) mass is 358 g/mol. The summed E-state index contributed by atoms with van der Waals surface area (Å²) in [4.78, 5) is 39.9. The number of anilines is 1. The molecule has 0 aliphatic rings. The minimum atomic E-state index is -0.568. The Balaban J connectivity index is 2.54. The third-order valence-corrected chi connectivity index (χ3v) is 4.27. The van der Waals surface area contributed by atoms with Gasteiger partial charge in [-0.1, -0.05) is 11.6 Å². The minimum absolute atomic E-state index is 0.0240. The van der Waals surface area contributed by atoms with Crippen molar-refractivity contribution >= 4 is 56.7 Å². The quantitative estimate of drug-likeness (QED) is 0.682. The van der Waals surface area contributed by atoms with Crippen molar-refractivity contribution in [1.29, 1.82) is 0 Å². The molecule has 0 aliphatic heterocycles. The van der Waals surface area contributed by atoms with Gasteiger partial charge in [-0.2, -0.15) is 0 Å². The summed E-state index contributed by atoms with van der Waals surface area (Å²) in [5, 5.41) is 12.4. The first-order valence-corrected chi connectivity index (χ1v) is 7.89. The Morgan fingerprint density at radius 1 is 1.04 bits per heavy atom. The highest BCUT2D eigenvalue weighted by Gasteiger charge is 2.27. The molecule has 2 aromatic carbocycles. The number of aromatic nitrogens is 1. The second kappa shape index (κ2) is 5.89. The van der Waals surface area contributed by atoms with Gasteiger partial charge in [0.1, 0.15) is 5.69 Å². The highest BCUT2D eigenvalue weighted by molar-refractivity contribution is 6.32. The Kier molecular flexibility index (Phi) is 4.00. The number of ketones is 1. The first kappa shape index (κ1) is 17.0. The lowest BCUT2D eigenvalue weighted by molar-refractivity contribution is -0.124. The maximum Gasteiger partial charge on any atom is 0.230 e. The molecular weight excluding hydrogens is 344 g/mol. The molecule has 1 heterocycles. The number of aromatic hydroxyl groups is 1. The first-order valence-electron chi connectivity index (χ1n) is 7.51. The average molecular weight is 359 g/mol. The number of fused-ring (bicyclic) bond motifs is 3. The highest BCUT2D eigenvalue weighted by atomic mass is 35.5. The number of aromatic amines is 1. The lowest BCUT2D eigenvalue weighted by Gasteiger charge is -2.20. The number of amides is 2. The van der Waals surface area contributed by atoms with Gasteiger partial charge in [0.15, 0.2) is 11.5 Å². The average Bonchev–Trinajstić information content (AvgIpc) is 2.86. The first-order chi connectivity index (χ1) is 11.7. The number of halogens is 1. The normalized spacial score (nSPS) is 11.0. The van der Waals surface area contributed by atoms with Gasteiger partial charge in [0.25, 0.3) is 0 Å². The van der Waals surface area contributed by atoms with Crippen molar-refractivity contribution < 1.29 is 19.5 Å².